The molecule has 2 atom stereocenters. The number of carbonyl (C=O) groups is 1. The Morgan fingerprint density at radius 2 is 1.58 bits per heavy atom. The second-order valence-corrected chi connectivity index (χ2v) is 10.9. The number of hydrogen-bond acceptors (Lipinski definition) is 3. The Labute approximate surface area is 209 Å². The first kappa shape index (κ1) is 24.1. The third-order valence-corrected chi connectivity index (χ3v) is 8.58. The van der Waals surface area contributed by atoms with E-state index in [9.17, 15) is 4.79 Å². The monoisotopic (exact) mass is 522 g/mol. The average Bonchev–Trinajstić information content (AvgIpc) is 3.20. The molecule has 3 nitrogen and oxygen atoms in total. The van der Waals surface area contributed by atoms with E-state index in [1.807, 2.05) is 48.2 Å². The largest absolute Gasteiger partial charge is 0.369 e. The second-order valence-electron chi connectivity index (χ2n) is 8.79. The Morgan fingerprint density at radius 1 is 1.00 bits per heavy atom. The van der Waals surface area contributed by atoms with Crippen LogP contribution in [-0.2, 0) is 10.2 Å². The molecule has 1 aliphatic heterocycles. The van der Waals surface area contributed by atoms with Crippen molar-refractivity contribution in [2.75, 3.05) is 19.3 Å². The molecule has 0 spiro atoms. The minimum atomic E-state index is -0.837. The molecule has 1 fully saturated rings. The second kappa shape index (κ2) is 10.9. The number of primary amides is 1. The zero-order valence-corrected chi connectivity index (χ0v) is 21.4. The fourth-order valence-electron chi connectivity index (χ4n) is 5.41. The van der Waals surface area contributed by atoms with Crippen molar-refractivity contribution in [3.05, 3.63) is 101 Å². The van der Waals surface area contributed by atoms with Crippen LogP contribution in [0.3, 0.4) is 0 Å². The van der Waals surface area contributed by atoms with Crippen LogP contribution in [0.25, 0.3) is 0 Å². The van der Waals surface area contributed by atoms with E-state index in [1.165, 1.54) is 4.90 Å². The van der Waals surface area contributed by atoms with Crippen molar-refractivity contribution in [1.82, 2.24) is 4.90 Å². The lowest BCUT2D eigenvalue weighted by atomic mass is 9.62. The first-order valence-electron chi connectivity index (χ1n) is 11.5. The highest BCUT2D eigenvalue weighted by Gasteiger charge is 2.52. The summed E-state index contributed by atoms with van der Waals surface area (Å²) in [6.45, 7) is 0.976. The van der Waals surface area contributed by atoms with Crippen LogP contribution in [0, 0.1) is 5.92 Å². The zero-order chi connectivity index (χ0) is 23.3. The van der Waals surface area contributed by atoms with Gasteiger partial charge in [0.15, 0.2) is 0 Å². The van der Waals surface area contributed by atoms with Gasteiger partial charge in [-0.2, -0.15) is 0 Å². The summed E-state index contributed by atoms with van der Waals surface area (Å²) in [5.41, 5.74) is 7.46. The van der Waals surface area contributed by atoms with E-state index in [2.05, 4.69) is 76.4 Å². The molecule has 0 aliphatic carbocycles. The van der Waals surface area contributed by atoms with Crippen LogP contribution in [-0.4, -0.2) is 36.2 Å². The highest BCUT2D eigenvalue weighted by Crippen LogP contribution is 2.47. The molecule has 0 radical (unpaired) electrons. The van der Waals surface area contributed by atoms with Crippen molar-refractivity contribution in [2.45, 2.75) is 35.6 Å². The number of thioether (sulfide) groups is 1. The van der Waals surface area contributed by atoms with Gasteiger partial charge in [0, 0.05) is 15.4 Å². The molecule has 0 aromatic heterocycles. The van der Waals surface area contributed by atoms with E-state index in [0.29, 0.717) is 6.04 Å². The van der Waals surface area contributed by atoms with Gasteiger partial charge in [0.25, 0.3) is 0 Å². The molecular weight excluding hydrogens is 492 g/mol. The van der Waals surface area contributed by atoms with E-state index in [-0.39, 0.29) is 11.8 Å². The summed E-state index contributed by atoms with van der Waals surface area (Å²) >= 11 is 5.39. The Balaban J connectivity index is 1.60. The average molecular weight is 524 g/mol. The third kappa shape index (κ3) is 5.06. The molecule has 2 N–H and O–H groups in total. The van der Waals surface area contributed by atoms with Gasteiger partial charge in [-0.1, -0.05) is 76.6 Å². The van der Waals surface area contributed by atoms with Crippen molar-refractivity contribution in [3.8, 4) is 0 Å². The summed E-state index contributed by atoms with van der Waals surface area (Å²) in [6.07, 6.45) is 3.08. The highest BCUT2D eigenvalue weighted by atomic mass is 79.9. The number of nitrogens with zero attached hydrogens (tertiary/aromatic N) is 1. The van der Waals surface area contributed by atoms with Crippen molar-refractivity contribution < 1.29 is 4.79 Å². The van der Waals surface area contributed by atoms with Crippen molar-refractivity contribution in [3.63, 3.8) is 0 Å². The van der Waals surface area contributed by atoms with Crippen molar-refractivity contribution in [1.29, 1.82) is 0 Å². The first-order chi connectivity index (χ1) is 16.0. The van der Waals surface area contributed by atoms with E-state index < -0.39 is 5.41 Å². The highest BCUT2D eigenvalue weighted by molar-refractivity contribution is 9.10. The van der Waals surface area contributed by atoms with Crippen LogP contribution >= 0.6 is 27.7 Å². The summed E-state index contributed by atoms with van der Waals surface area (Å²) in [6, 6.07) is 29.1. The topological polar surface area (TPSA) is 46.3 Å². The van der Waals surface area contributed by atoms with Crippen molar-refractivity contribution in [2.24, 2.45) is 11.7 Å². The molecule has 1 saturated heterocycles. The lowest BCUT2D eigenvalue weighted by Crippen LogP contribution is -2.52. The van der Waals surface area contributed by atoms with E-state index in [0.717, 1.165) is 47.2 Å². The fraction of sp³-hybridized carbons (Fsp3) is 0.321. The van der Waals surface area contributed by atoms with Gasteiger partial charge < -0.3 is 10.6 Å². The van der Waals surface area contributed by atoms with Crippen LogP contribution in [0.5, 0.6) is 0 Å². The normalized spacial score (nSPS) is 19.0. The van der Waals surface area contributed by atoms with E-state index in [1.54, 1.807) is 0 Å². The number of amides is 1. The molecule has 0 bridgehead atoms. The number of nitrogens with two attached hydrogens (primary N) is 1. The Bertz CT molecular complexity index is 1000. The molecule has 33 heavy (non-hydrogen) atoms. The van der Waals surface area contributed by atoms with E-state index >= 15 is 0 Å². The number of hydrogen-bond donors (Lipinski definition) is 1. The minimum absolute atomic E-state index is 0.127. The molecule has 0 unspecified atom stereocenters. The number of carbonyl (C=O) groups excluding carboxylic acids is 1. The lowest BCUT2D eigenvalue weighted by Gasteiger charge is -2.41. The summed E-state index contributed by atoms with van der Waals surface area (Å²) in [4.78, 5) is 17.1. The maximum atomic E-state index is 13.4. The molecule has 1 amide bonds. The number of halogens is 1. The van der Waals surface area contributed by atoms with Crippen LogP contribution in [0.15, 0.2) is 94.3 Å². The summed E-state index contributed by atoms with van der Waals surface area (Å²) < 4.78 is 1.10. The molecule has 1 heterocycles. The smallest absolute Gasteiger partial charge is 0.232 e. The maximum Gasteiger partial charge on any atom is 0.232 e. The third-order valence-electron chi connectivity index (χ3n) is 6.95. The Morgan fingerprint density at radius 3 is 2.12 bits per heavy atom. The van der Waals surface area contributed by atoms with E-state index in [4.69, 9.17) is 5.73 Å². The van der Waals surface area contributed by atoms with Gasteiger partial charge in [-0.15, -0.1) is 11.8 Å². The Hall–Kier alpha value is -2.08. The fourth-order valence-corrected chi connectivity index (χ4v) is 6.55. The van der Waals surface area contributed by atoms with Crippen LogP contribution in [0.1, 0.15) is 30.4 Å². The minimum Gasteiger partial charge on any atom is -0.369 e. The SMILES string of the molecule is CN1CC[C@@H](C(C(N)=O)(c2ccccc2)c2ccccc2)[C@@H]1CCCSc1ccc(Br)cc1. The van der Waals surface area contributed by atoms with Crippen LogP contribution in [0.2, 0.25) is 0 Å². The van der Waals surface area contributed by atoms with Crippen LogP contribution < -0.4 is 5.73 Å². The summed E-state index contributed by atoms with van der Waals surface area (Å²) in [5.74, 6) is 0.927. The lowest BCUT2D eigenvalue weighted by molar-refractivity contribution is -0.124. The van der Waals surface area contributed by atoms with Gasteiger partial charge >= 0.3 is 0 Å². The number of benzene rings is 3. The van der Waals surface area contributed by atoms with Gasteiger partial charge in [-0.3, -0.25) is 4.79 Å². The molecule has 3 aromatic rings. The molecule has 1 aliphatic rings. The van der Waals surface area contributed by atoms with Gasteiger partial charge in [-0.05, 0) is 79.9 Å². The summed E-state index contributed by atoms with van der Waals surface area (Å²) in [7, 11) is 2.19. The summed E-state index contributed by atoms with van der Waals surface area (Å²) in [5, 5.41) is 0. The maximum absolute atomic E-state index is 13.4. The quantitative estimate of drug-likeness (QED) is 0.272. The first-order valence-corrected chi connectivity index (χ1v) is 13.3. The molecular formula is C28H31BrN2OS. The number of likely N-dealkylation sites (tertiary alicyclic amines) is 1. The number of rotatable bonds is 9. The van der Waals surface area contributed by atoms with Crippen LogP contribution in [0.4, 0.5) is 0 Å². The van der Waals surface area contributed by atoms with Crippen molar-refractivity contribution >= 4 is 33.6 Å². The van der Waals surface area contributed by atoms with Gasteiger partial charge in [0.05, 0.1) is 0 Å². The standard InChI is InChI=1S/C28H31BrN2OS/c1-31-19-18-25(26(31)13-8-20-33-24-16-14-23(29)15-17-24)28(27(30)32,21-9-4-2-5-10-21)22-11-6-3-7-12-22/h2-7,9-12,14-17,25-26H,8,13,18-20H2,1H3,(H2,30,32)/t25-,26+/m1/s1. The zero-order valence-electron chi connectivity index (χ0n) is 19.0. The van der Waals surface area contributed by atoms with Gasteiger partial charge in [0.1, 0.15) is 5.41 Å². The molecule has 172 valence electrons. The van der Waals surface area contributed by atoms with Gasteiger partial charge in [0.2, 0.25) is 5.91 Å². The Kier molecular flexibility index (Phi) is 7.94. The molecule has 4 rings (SSSR count). The molecule has 3 aromatic carbocycles. The predicted octanol–water partition coefficient (Wildman–Crippen LogP) is 6.11. The molecule has 0 saturated carbocycles. The molecule has 5 heteroatoms. The van der Waals surface area contributed by atoms with Gasteiger partial charge in [-0.25, -0.2) is 0 Å². The predicted molar refractivity (Wildman–Crippen MR) is 141 cm³/mol.